The van der Waals surface area contributed by atoms with Crippen LogP contribution in [0.4, 0.5) is 5.69 Å². The lowest BCUT2D eigenvalue weighted by atomic mass is 10.2. The number of thiophene rings is 1. The Kier molecular flexibility index (Phi) is 5.06. The Morgan fingerprint density at radius 2 is 2.29 bits per heavy atom. The Hall–Kier alpha value is -2.46. The summed E-state index contributed by atoms with van der Waals surface area (Å²) in [6.07, 6.45) is 0. The first-order valence-corrected chi connectivity index (χ1v) is 8.76. The third kappa shape index (κ3) is 3.71. The number of nitro benzene ring substituents is 1. The second-order valence-electron chi connectivity index (χ2n) is 4.74. The monoisotopic (exact) mass is 363 g/mol. The zero-order valence-electron chi connectivity index (χ0n) is 12.7. The van der Waals surface area contributed by atoms with Crippen LogP contribution in [0.3, 0.4) is 0 Å². The summed E-state index contributed by atoms with van der Waals surface area (Å²) in [4.78, 5) is 11.7. The average Bonchev–Trinajstić information content (AvgIpc) is 3.25. The second kappa shape index (κ2) is 7.41. The van der Waals surface area contributed by atoms with E-state index in [2.05, 4.69) is 15.5 Å². The lowest BCUT2D eigenvalue weighted by Gasteiger charge is -2.08. The average molecular weight is 363 g/mol. The number of hydrogen-bond donors (Lipinski definition) is 0. The van der Waals surface area contributed by atoms with Gasteiger partial charge < -0.3 is 4.74 Å². The Bertz CT molecular complexity index is 835. The molecule has 0 bridgehead atoms. The van der Waals surface area contributed by atoms with E-state index in [0.717, 1.165) is 10.4 Å². The highest BCUT2D eigenvalue weighted by atomic mass is 32.2. The summed E-state index contributed by atoms with van der Waals surface area (Å²) in [5.74, 6) is 1.07. The van der Waals surface area contributed by atoms with Gasteiger partial charge in [0.15, 0.2) is 0 Å². The highest BCUT2D eigenvalue weighted by molar-refractivity contribution is 7.98. The van der Waals surface area contributed by atoms with Crippen molar-refractivity contribution in [1.82, 2.24) is 20.2 Å². The molecule has 0 aliphatic heterocycles. The molecule has 1 aromatic carbocycles. The highest BCUT2D eigenvalue weighted by Crippen LogP contribution is 2.30. The second-order valence-corrected chi connectivity index (χ2v) is 6.72. The fourth-order valence-corrected chi connectivity index (χ4v) is 3.62. The summed E-state index contributed by atoms with van der Waals surface area (Å²) in [5, 5.41) is 25.3. The van der Waals surface area contributed by atoms with Gasteiger partial charge in [-0.2, -0.15) is 0 Å². The maximum absolute atomic E-state index is 10.9. The van der Waals surface area contributed by atoms with Gasteiger partial charge in [-0.25, -0.2) is 4.68 Å². The number of nitro groups is 1. The van der Waals surface area contributed by atoms with Gasteiger partial charge in [0.25, 0.3) is 5.69 Å². The third-order valence-electron chi connectivity index (χ3n) is 3.22. The van der Waals surface area contributed by atoms with E-state index in [1.165, 1.54) is 31.0 Å². The van der Waals surface area contributed by atoms with Crippen molar-refractivity contribution >= 4 is 28.8 Å². The van der Waals surface area contributed by atoms with Gasteiger partial charge >= 0.3 is 0 Å². The largest absolute Gasteiger partial charge is 0.496 e. The molecular weight excluding hydrogens is 350 g/mol. The first-order valence-electron chi connectivity index (χ1n) is 6.90. The Labute approximate surface area is 145 Å². The topological polar surface area (TPSA) is 96.0 Å². The molecule has 3 aromatic rings. The number of hydrogen-bond acceptors (Lipinski definition) is 8. The third-order valence-corrected chi connectivity index (χ3v) is 5.08. The van der Waals surface area contributed by atoms with Crippen LogP contribution in [-0.2, 0) is 12.3 Å². The van der Waals surface area contributed by atoms with Crippen molar-refractivity contribution in [3.63, 3.8) is 0 Å². The SMILES string of the molecule is COc1ccc([N+](=O)[O-])cc1CSc1nnnn1Cc1cccs1. The molecule has 0 saturated heterocycles. The summed E-state index contributed by atoms with van der Waals surface area (Å²) in [5.41, 5.74) is 0.756. The van der Waals surface area contributed by atoms with Gasteiger partial charge in [-0.15, -0.1) is 16.4 Å². The van der Waals surface area contributed by atoms with E-state index >= 15 is 0 Å². The molecule has 0 fully saturated rings. The molecule has 3 rings (SSSR count). The van der Waals surface area contributed by atoms with Crippen LogP contribution in [0.1, 0.15) is 10.4 Å². The molecule has 24 heavy (non-hydrogen) atoms. The maximum Gasteiger partial charge on any atom is 0.270 e. The summed E-state index contributed by atoms with van der Waals surface area (Å²) in [6.45, 7) is 0.596. The van der Waals surface area contributed by atoms with E-state index in [0.29, 0.717) is 23.2 Å². The molecule has 0 unspecified atom stereocenters. The minimum absolute atomic E-state index is 0.0320. The number of non-ortho nitro benzene ring substituents is 1. The number of tetrazole rings is 1. The number of aromatic nitrogens is 4. The van der Waals surface area contributed by atoms with Gasteiger partial charge in [-0.1, -0.05) is 17.8 Å². The summed E-state index contributed by atoms with van der Waals surface area (Å²) in [6, 6.07) is 8.53. The molecule has 0 aliphatic carbocycles. The number of thioether (sulfide) groups is 1. The molecule has 0 radical (unpaired) electrons. The predicted octanol–water partition coefficient (Wildman–Crippen LogP) is 2.99. The zero-order valence-corrected chi connectivity index (χ0v) is 14.3. The molecular formula is C14H13N5O3S2. The highest BCUT2D eigenvalue weighted by Gasteiger charge is 2.14. The zero-order chi connectivity index (χ0) is 16.9. The molecule has 0 spiro atoms. The Morgan fingerprint density at radius 1 is 1.42 bits per heavy atom. The first kappa shape index (κ1) is 16.4. The van der Waals surface area contributed by atoms with Crippen LogP contribution < -0.4 is 4.74 Å². The van der Waals surface area contributed by atoms with Crippen LogP contribution >= 0.6 is 23.1 Å². The Morgan fingerprint density at radius 3 is 3.00 bits per heavy atom. The molecule has 2 heterocycles. The van der Waals surface area contributed by atoms with Crippen LogP contribution in [0.5, 0.6) is 5.75 Å². The van der Waals surface area contributed by atoms with Crippen LogP contribution in [0.2, 0.25) is 0 Å². The molecule has 10 heteroatoms. The van der Waals surface area contributed by atoms with Crippen LogP contribution in [0.25, 0.3) is 0 Å². The van der Waals surface area contributed by atoms with E-state index in [4.69, 9.17) is 4.74 Å². The van der Waals surface area contributed by atoms with Crippen LogP contribution in [0.15, 0.2) is 40.9 Å². The minimum Gasteiger partial charge on any atom is -0.496 e. The molecule has 0 aliphatic rings. The fraction of sp³-hybridized carbons (Fsp3) is 0.214. The summed E-state index contributed by atoms with van der Waals surface area (Å²) in [7, 11) is 1.54. The van der Waals surface area contributed by atoms with Gasteiger partial charge in [0.05, 0.1) is 18.6 Å². The smallest absolute Gasteiger partial charge is 0.270 e. The number of rotatable bonds is 7. The van der Waals surface area contributed by atoms with Crippen molar-refractivity contribution in [2.45, 2.75) is 17.5 Å². The molecule has 124 valence electrons. The number of methoxy groups -OCH3 is 1. The van der Waals surface area contributed by atoms with Gasteiger partial charge in [-0.3, -0.25) is 10.1 Å². The van der Waals surface area contributed by atoms with E-state index in [-0.39, 0.29) is 5.69 Å². The first-order chi connectivity index (χ1) is 11.7. The van der Waals surface area contributed by atoms with Gasteiger partial charge in [0, 0.05) is 28.3 Å². The standard InChI is InChI=1S/C14H13N5O3S2/c1-22-13-5-4-11(19(20)21)7-10(13)9-24-14-15-16-17-18(14)8-12-3-2-6-23-12/h2-7H,8-9H2,1H3. The van der Waals surface area contributed by atoms with E-state index < -0.39 is 4.92 Å². The van der Waals surface area contributed by atoms with E-state index in [1.54, 1.807) is 22.1 Å². The number of nitrogens with zero attached hydrogens (tertiary/aromatic N) is 5. The predicted molar refractivity (Wildman–Crippen MR) is 90.4 cm³/mol. The number of benzene rings is 1. The quantitative estimate of drug-likeness (QED) is 0.362. The lowest BCUT2D eigenvalue weighted by Crippen LogP contribution is -2.02. The van der Waals surface area contributed by atoms with Crippen molar-refractivity contribution in [2.75, 3.05) is 7.11 Å². The van der Waals surface area contributed by atoms with Crippen molar-refractivity contribution in [2.24, 2.45) is 0 Å². The van der Waals surface area contributed by atoms with Crippen molar-refractivity contribution in [1.29, 1.82) is 0 Å². The number of ether oxygens (including phenoxy) is 1. The van der Waals surface area contributed by atoms with Gasteiger partial charge in [0.1, 0.15) is 5.75 Å². The van der Waals surface area contributed by atoms with Crippen molar-refractivity contribution in [3.05, 3.63) is 56.3 Å². The lowest BCUT2D eigenvalue weighted by molar-refractivity contribution is -0.384. The molecule has 0 saturated carbocycles. The van der Waals surface area contributed by atoms with Gasteiger partial charge in [-0.05, 0) is 27.9 Å². The van der Waals surface area contributed by atoms with Crippen molar-refractivity contribution < 1.29 is 9.66 Å². The molecule has 0 amide bonds. The van der Waals surface area contributed by atoms with Crippen LogP contribution in [-0.4, -0.2) is 32.2 Å². The normalized spacial score (nSPS) is 10.7. The van der Waals surface area contributed by atoms with Crippen molar-refractivity contribution in [3.8, 4) is 5.75 Å². The minimum atomic E-state index is -0.422. The fourth-order valence-electron chi connectivity index (χ4n) is 2.08. The van der Waals surface area contributed by atoms with Gasteiger partial charge in [0.2, 0.25) is 5.16 Å². The van der Waals surface area contributed by atoms with E-state index in [1.807, 2.05) is 17.5 Å². The summed E-state index contributed by atoms with van der Waals surface area (Å²) >= 11 is 3.04. The molecule has 2 aromatic heterocycles. The molecule has 8 nitrogen and oxygen atoms in total. The Balaban J connectivity index is 1.75. The molecule has 0 atom stereocenters. The molecule has 0 N–H and O–H groups in total. The van der Waals surface area contributed by atoms with E-state index in [9.17, 15) is 10.1 Å². The summed E-state index contributed by atoms with van der Waals surface area (Å²) < 4.78 is 6.98. The van der Waals surface area contributed by atoms with Crippen LogP contribution in [0, 0.1) is 10.1 Å². The maximum atomic E-state index is 10.9.